The van der Waals surface area contributed by atoms with Gasteiger partial charge in [0.25, 0.3) is 0 Å². The molecule has 0 aliphatic carbocycles. The molecule has 2 N–H and O–H groups in total. The number of ether oxygens (including phenoxy) is 2. The third kappa shape index (κ3) is 1.85. The van der Waals surface area contributed by atoms with Gasteiger partial charge in [-0.05, 0) is 42.3 Å². The molecule has 2 aromatic rings. The highest BCUT2D eigenvalue weighted by atomic mass is 32.1. The molecule has 0 saturated heterocycles. The number of benzene rings is 1. The second-order valence-corrected chi connectivity index (χ2v) is 5.13. The van der Waals surface area contributed by atoms with Crippen molar-refractivity contribution in [3.05, 3.63) is 29.8 Å². The number of fused-ring (bicyclic) bond motifs is 1. The molecule has 0 bridgehead atoms. The second kappa shape index (κ2) is 3.96. The summed E-state index contributed by atoms with van der Waals surface area (Å²) in [5.41, 5.74) is 8.11. The van der Waals surface area contributed by atoms with Crippen LogP contribution < -0.4 is 15.2 Å². The lowest BCUT2D eigenvalue weighted by Crippen LogP contribution is -2.15. The summed E-state index contributed by atoms with van der Waals surface area (Å²) in [6.45, 7) is 3.31. The Labute approximate surface area is 104 Å². The lowest BCUT2D eigenvalue weighted by molar-refractivity contribution is 0.171. The third-order valence-electron chi connectivity index (χ3n) is 2.78. The molecule has 0 unspecified atom stereocenters. The van der Waals surface area contributed by atoms with Gasteiger partial charge in [-0.2, -0.15) is 0 Å². The maximum Gasteiger partial charge on any atom is 0.162 e. The van der Waals surface area contributed by atoms with E-state index < -0.39 is 0 Å². The van der Waals surface area contributed by atoms with E-state index in [9.17, 15) is 0 Å². The highest BCUT2D eigenvalue weighted by molar-refractivity contribution is 7.19. The normalized spacial score (nSPS) is 13.7. The Kier molecular flexibility index (Phi) is 2.44. The molecule has 0 radical (unpaired) electrons. The molecule has 0 atom stereocenters. The summed E-state index contributed by atoms with van der Waals surface area (Å²) in [5.74, 6) is 1.66. The highest BCUT2D eigenvalue weighted by Crippen LogP contribution is 2.39. The van der Waals surface area contributed by atoms with Crippen LogP contribution >= 0.6 is 11.3 Å². The van der Waals surface area contributed by atoms with Crippen molar-refractivity contribution in [3.63, 3.8) is 0 Å². The number of hydrogen-bond acceptors (Lipinski definition) is 4. The lowest BCUT2D eigenvalue weighted by atomic mass is 10.1. The predicted octanol–water partition coefficient (Wildman–Crippen LogP) is 3.08. The van der Waals surface area contributed by atoms with Gasteiger partial charge in [0.1, 0.15) is 13.2 Å². The van der Waals surface area contributed by atoms with Crippen molar-refractivity contribution in [2.75, 3.05) is 18.9 Å². The maximum absolute atomic E-state index is 5.77. The van der Waals surface area contributed by atoms with Crippen LogP contribution in [0.15, 0.2) is 24.3 Å². The van der Waals surface area contributed by atoms with Crippen molar-refractivity contribution in [2.24, 2.45) is 0 Å². The van der Waals surface area contributed by atoms with Crippen LogP contribution in [-0.4, -0.2) is 13.2 Å². The average molecular weight is 247 g/mol. The van der Waals surface area contributed by atoms with Crippen molar-refractivity contribution < 1.29 is 9.47 Å². The summed E-state index contributed by atoms with van der Waals surface area (Å²) < 4.78 is 11.1. The average Bonchev–Trinajstić information content (AvgIpc) is 2.75. The van der Waals surface area contributed by atoms with E-state index >= 15 is 0 Å². The summed E-state index contributed by atoms with van der Waals surface area (Å²) >= 11 is 1.59. The van der Waals surface area contributed by atoms with Gasteiger partial charge in [0.15, 0.2) is 11.5 Å². The summed E-state index contributed by atoms with van der Waals surface area (Å²) in [4.78, 5) is 1.16. The number of nitrogens with two attached hydrogens (primary N) is 1. The zero-order chi connectivity index (χ0) is 11.8. The van der Waals surface area contributed by atoms with Crippen LogP contribution in [0.3, 0.4) is 0 Å². The van der Waals surface area contributed by atoms with E-state index in [4.69, 9.17) is 15.2 Å². The number of rotatable bonds is 1. The van der Waals surface area contributed by atoms with E-state index in [1.165, 1.54) is 5.56 Å². The fourth-order valence-electron chi connectivity index (χ4n) is 1.95. The fourth-order valence-corrected chi connectivity index (χ4v) is 2.81. The molecule has 2 heterocycles. The van der Waals surface area contributed by atoms with E-state index in [1.54, 1.807) is 11.3 Å². The van der Waals surface area contributed by atoms with Crippen LogP contribution in [0, 0.1) is 6.92 Å². The molecule has 1 aliphatic heterocycles. The van der Waals surface area contributed by atoms with E-state index in [2.05, 4.69) is 6.92 Å². The topological polar surface area (TPSA) is 44.5 Å². The Hall–Kier alpha value is -1.68. The minimum Gasteiger partial charge on any atom is -0.486 e. The van der Waals surface area contributed by atoms with Crippen molar-refractivity contribution >= 4 is 16.3 Å². The van der Waals surface area contributed by atoms with Crippen LogP contribution in [0.25, 0.3) is 10.4 Å². The second-order valence-electron chi connectivity index (χ2n) is 4.01. The molecule has 3 nitrogen and oxygen atoms in total. The predicted molar refractivity (Wildman–Crippen MR) is 69.9 cm³/mol. The molecule has 0 fully saturated rings. The minimum atomic E-state index is 0.613. The van der Waals surface area contributed by atoms with Gasteiger partial charge in [-0.1, -0.05) is 0 Å². The molecule has 88 valence electrons. The molecule has 0 saturated carbocycles. The molecule has 0 amide bonds. The van der Waals surface area contributed by atoms with Gasteiger partial charge >= 0.3 is 0 Å². The van der Waals surface area contributed by atoms with Gasteiger partial charge in [0, 0.05) is 4.88 Å². The fraction of sp³-hybridized carbons (Fsp3) is 0.231. The van der Waals surface area contributed by atoms with Crippen molar-refractivity contribution in [3.8, 4) is 21.9 Å². The standard InChI is InChI=1S/C13H13NO2S/c1-8-6-10-11(16-5-4-15-10)7-9(8)12-2-3-13(14)17-12/h2-3,6-7H,4-5,14H2,1H3. The first-order valence-electron chi connectivity index (χ1n) is 5.50. The monoisotopic (exact) mass is 247 g/mol. The Bertz CT molecular complexity index is 563. The van der Waals surface area contributed by atoms with Crippen molar-refractivity contribution in [1.82, 2.24) is 0 Å². The maximum atomic E-state index is 5.77. The SMILES string of the molecule is Cc1cc2c(cc1-c1ccc(N)s1)OCCO2. The van der Waals surface area contributed by atoms with Crippen LogP contribution in [0.1, 0.15) is 5.56 Å². The first-order chi connectivity index (χ1) is 8.24. The van der Waals surface area contributed by atoms with Gasteiger partial charge in [0.2, 0.25) is 0 Å². The van der Waals surface area contributed by atoms with Crippen LogP contribution in [0.4, 0.5) is 5.00 Å². The van der Waals surface area contributed by atoms with Gasteiger partial charge in [-0.25, -0.2) is 0 Å². The molecule has 17 heavy (non-hydrogen) atoms. The van der Waals surface area contributed by atoms with Gasteiger partial charge in [-0.15, -0.1) is 11.3 Å². The summed E-state index contributed by atoms with van der Waals surface area (Å²) in [6, 6.07) is 8.03. The highest BCUT2D eigenvalue weighted by Gasteiger charge is 2.15. The van der Waals surface area contributed by atoms with Crippen LogP contribution in [0.2, 0.25) is 0 Å². The molecule has 3 rings (SSSR count). The Morgan fingerprint density at radius 1 is 1.12 bits per heavy atom. The first kappa shape index (κ1) is 10.5. The van der Waals surface area contributed by atoms with Gasteiger partial charge in [-0.3, -0.25) is 0 Å². The molecule has 1 aromatic heterocycles. The number of hydrogen-bond donors (Lipinski definition) is 1. The number of thiophene rings is 1. The summed E-state index contributed by atoms with van der Waals surface area (Å²) in [6.07, 6.45) is 0. The Morgan fingerprint density at radius 3 is 2.47 bits per heavy atom. The van der Waals surface area contributed by atoms with E-state index in [1.807, 2.05) is 24.3 Å². The summed E-state index contributed by atoms with van der Waals surface area (Å²) in [7, 11) is 0. The van der Waals surface area contributed by atoms with Gasteiger partial charge < -0.3 is 15.2 Å². The van der Waals surface area contributed by atoms with Crippen molar-refractivity contribution in [2.45, 2.75) is 6.92 Å². The summed E-state index contributed by atoms with van der Waals surface area (Å²) in [5, 5.41) is 0.828. The van der Waals surface area contributed by atoms with E-state index in [0.717, 1.165) is 26.9 Å². The molecule has 1 aromatic carbocycles. The van der Waals surface area contributed by atoms with E-state index in [-0.39, 0.29) is 0 Å². The van der Waals surface area contributed by atoms with E-state index in [0.29, 0.717) is 13.2 Å². The molecular weight excluding hydrogens is 234 g/mol. The zero-order valence-electron chi connectivity index (χ0n) is 9.53. The first-order valence-corrected chi connectivity index (χ1v) is 6.31. The molecule has 0 spiro atoms. The number of anilines is 1. The quantitative estimate of drug-likeness (QED) is 0.842. The molecule has 4 heteroatoms. The minimum absolute atomic E-state index is 0.613. The van der Waals surface area contributed by atoms with Crippen LogP contribution in [0.5, 0.6) is 11.5 Å². The third-order valence-corrected chi connectivity index (χ3v) is 3.73. The van der Waals surface area contributed by atoms with Crippen molar-refractivity contribution in [1.29, 1.82) is 0 Å². The number of nitrogen functional groups attached to an aromatic ring is 1. The van der Waals surface area contributed by atoms with Crippen LogP contribution in [-0.2, 0) is 0 Å². The van der Waals surface area contributed by atoms with Gasteiger partial charge in [0.05, 0.1) is 5.00 Å². The molecular formula is C13H13NO2S. The zero-order valence-corrected chi connectivity index (χ0v) is 10.3. The molecule has 1 aliphatic rings. The Morgan fingerprint density at radius 2 is 1.82 bits per heavy atom. The lowest BCUT2D eigenvalue weighted by Gasteiger charge is -2.20. The smallest absolute Gasteiger partial charge is 0.162 e. The largest absolute Gasteiger partial charge is 0.486 e. The Balaban J connectivity index is 2.11. The number of aryl methyl sites for hydroxylation is 1.